The zero-order valence-corrected chi connectivity index (χ0v) is 11.3. The summed E-state index contributed by atoms with van der Waals surface area (Å²) in [7, 11) is 1.92. The lowest BCUT2D eigenvalue weighted by atomic mass is 10.2. The summed E-state index contributed by atoms with van der Waals surface area (Å²) in [5, 5.41) is 14.9. The number of nitrogens with zero attached hydrogens (tertiary/aromatic N) is 2. The van der Waals surface area contributed by atoms with Crippen molar-refractivity contribution in [2.45, 2.75) is 13.2 Å². The molecule has 0 saturated heterocycles. The molecule has 0 atom stereocenters. The first kappa shape index (κ1) is 12.7. The fourth-order valence-electron chi connectivity index (χ4n) is 2.32. The number of hydrogen-bond donors (Lipinski definition) is 1. The summed E-state index contributed by atoms with van der Waals surface area (Å²) in [5.74, 6) is 0.699. The van der Waals surface area contributed by atoms with Crippen LogP contribution in [0.25, 0.3) is 10.9 Å². The van der Waals surface area contributed by atoms with E-state index in [0.29, 0.717) is 12.4 Å². The maximum absolute atomic E-state index is 9.29. The highest BCUT2D eigenvalue weighted by molar-refractivity contribution is 5.81. The van der Waals surface area contributed by atoms with Gasteiger partial charge in [0.05, 0.1) is 12.1 Å². The molecule has 0 amide bonds. The quantitative estimate of drug-likeness (QED) is 0.791. The highest BCUT2D eigenvalue weighted by Gasteiger charge is 2.09. The molecule has 0 aliphatic rings. The van der Waals surface area contributed by atoms with Crippen LogP contribution in [0.5, 0.6) is 5.75 Å². The molecule has 0 spiro atoms. The molecule has 3 rings (SSSR count). The van der Waals surface area contributed by atoms with E-state index in [1.807, 2.05) is 60.3 Å². The number of hydrogen-bond acceptors (Lipinski definition) is 3. The Morgan fingerprint density at radius 3 is 2.70 bits per heavy atom. The van der Waals surface area contributed by atoms with Crippen molar-refractivity contribution >= 4 is 10.9 Å². The standard InChI is InChI=1S/C16H16N2O2/c1-18-15-8-4-3-7-13(15)14(17-18)11-20-16-9-5-2-6-12(16)10-19/h2-9,19H,10-11H2,1H3. The lowest BCUT2D eigenvalue weighted by Crippen LogP contribution is -2.00. The third-order valence-electron chi connectivity index (χ3n) is 3.34. The van der Waals surface area contributed by atoms with E-state index in [0.717, 1.165) is 22.2 Å². The third-order valence-corrected chi connectivity index (χ3v) is 3.34. The number of ether oxygens (including phenoxy) is 1. The van der Waals surface area contributed by atoms with Crippen molar-refractivity contribution < 1.29 is 9.84 Å². The van der Waals surface area contributed by atoms with Gasteiger partial charge < -0.3 is 9.84 Å². The minimum atomic E-state index is -0.0286. The molecular weight excluding hydrogens is 252 g/mol. The summed E-state index contributed by atoms with van der Waals surface area (Å²) < 4.78 is 7.65. The Labute approximate surface area is 117 Å². The number of aryl methyl sites for hydroxylation is 1. The fraction of sp³-hybridized carbons (Fsp3) is 0.188. The van der Waals surface area contributed by atoms with E-state index < -0.39 is 0 Å². The Morgan fingerprint density at radius 1 is 1.10 bits per heavy atom. The predicted octanol–water partition coefficient (Wildman–Crippen LogP) is 2.64. The molecule has 0 unspecified atom stereocenters. The number of benzene rings is 2. The van der Waals surface area contributed by atoms with Gasteiger partial charge in [0, 0.05) is 18.0 Å². The van der Waals surface area contributed by atoms with Crippen molar-refractivity contribution in [2.24, 2.45) is 7.05 Å². The average Bonchev–Trinajstić information content (AvgIpc) is 2.82. The lowest BCUT2D eigenvalue weighted by molar-refractivity contribution is 0.257. The molecule has 0 aliphatic heterocycles. The second-order valence-electron chi connectivity index (χ2n) is 4.64. The smallest absolute Gasteiger partial charge is 0.133 e. The summed E-state index contributed by atoms with van der Waals surface area (Å²) in [6.45, 7) is 0.359. The molecule has 0 aliphatic carbocycles. The lowest BCUT2D eigenvalue weighted by Gasteiger charge is -2.08. The maximum atomic E-state index is 9.29. The van der Waals surface area contributed by atoms with Crippen molar-refractivity contribution in [1.82, 2.24) is 9.78 Å². The normalized spacial score (nSPS) is 10.9. The molecule has 0 bridgehead atoms. The van der Waals surface area contributed by atoms with Crippen molar-refractivity contribution in [3.8, 4) is 5.75 Å². The van der Waals surface area contributed by atoms with Gasteiger partial charge >= 0.3 is 0 Å². The number of fused-ring (bicyclic) bond motifs is 1. The van der Waals surface area contributed by atoms with Crippen LogP contribution in [0.1, 0.15) is 11.3 Å². The van der Waals surface area contributed by atoms with Crippen molar-refractivity contribution in [3.05, 3.63) is 59.8 Å². The molecule has 0 fully saturated rings. The van der Waals surface area contributed by atoms with Crippen LogP contribution >= 0.6 is 0 Å². The Bertz CT molecular complexity index is 734. The van der Waals surface area contributed by atoms with E-state index in [9.17, 15) is 5.11 Å². The van der Waals surface area contributed by atoms with Crippen LogP contribution in [0.4, 0.5) is 0 Å². The van der Waals surface area contributed by atoms with Crippen LogP contribution in [0.15, 0.2) is 48.5 Å². The number of aliphatic hydroxyl groups is 1. The van der Waals surface area contributed by atoms with Crippen molar-refractivity contribution in [1.29, 1.82) is 0 Å². The minimum absolute atomic E-state index is 0.0286. The van der Waals surface area contributed by atoms with Gasteiger partial charge in [-0.25, -0.2) is 0 Å². The van der Waals surface area contributed by atoms with Crippen LogP contribution in [-0.2, 0) is 20.3 Å². The Balaban J connectivity index is 1.87. The van der Waals surface area contributed by atoms with Crippen LogP contribution in [-0.4, -0.2) is 14.9 Å². The van der Waals surface area contributed by atoms with Gasteiger partial charge in [-0.2, -0.15) is 5.10 Å². The summed E-state index contributed by atoms with van der Waals surface area (Å²) in [4.78, 5) is 0. The van der Waals surface area contributed by atoms with Gasteiger partial charge in [-0.15, -0.1) is 0 Å². The van der Waals surface area contributed by atoms with E-state index in [1.54, 1.807) is 0 Å². The summed E-state index contributed by atoms with van der Waals surface area (Å²) in [5.41, 5.74) is 2.77. The Kier molecular flexibility index (Phi) is 3.39. The molecule has 4 nitrogen and oxygen atoms in total. The van der Waals surface area contributed by atoms with Crippen LogP contribution in [0.2, 0.25) is 0 Å². The van der Waals surface area contributed by atoms with E-state index >= 15 is 0 Å². The highest BCUT2D eigenvalue weighted by Crippen LogP contribution is 2.22. The molecule has 1 heterocycles. The van der Waals surface area contributed by atoms with E-state index in [4.69, 9.17) is 4.74 Å². The molecule has 2 aromatic carbocycles. The molecule has 3 aromatic rings. The van der Waals surface area contributed by atoms with Gasteiger partial charge in [0.2, 0.25) is 0 Å². The summed E-state index contributed by atoms with van der Waals surface area (Å²) in [6.07, 6.45) is 0. The van der Waals surface area contributed by atoms with Gasteiger partial charge in [0.15, 0.2) is 0 Å². The van der Waals surface area contributed by atoms with Gasteiger partial charge in [0.25, 0.3) is 0 Å². The number of para-hydroxylation sites is 2. The average molecular weight is 268 g/mol. The van der Waals surface area contributed by atoms with Gasteiger partial charge in [-0.05, 0) is 12.1 Å². The van der Waals surface area contributed by atoms with Crippen molar-refractivity contribution in [2.75, 3.05) is 0 Å². The molecule has 20 heavy (non-hydrogen) atoms. The topological polar surface area (TPSA) is 47.3 Å². The summed E-state index contributed by atoms with van der Waals surface area (Å²) in [6, 6.07) is 15.6. The summed E-state index contributed by atoms with van der Waals surface area (Å²) >= 11 is 0. The number of aromatic nitrogens is 2. The van der Waals surface area contributed by atoms with E-state index in [-0.39, 0.29) is 6.61 Å². The van der Waals surface area contributed by atoms with E-state index in [1.165, 1.54) is 0 Å². The van der Waals surface area contributed by atoms with Crippen LogP contribution in [0, 0.1) is 0 Å². The van der Waals surface area contributed by atoms with Gasteiger partial charge in [-0.1, -0.05) is 36.4 Å². The largest absolute Gasteiger partial charge is 0.487 e. The molecule has 4 heteroatoms. The van der Waals surface area contributed by atoms with E-state index in [2.05, 4.69) is 5.10 Å². The Hall–Kier alpha value is -2.33. The molecule has 0 saturated carbocycles. The monoisotopic (exact) mass is 268 g/mol. The zero-order valence-electron chi connectivity index (χ0n) is 11.3. The third kappa shape index (κ3) is 2.26. The molecule has 1 aromatic heterocycles. The second kappa shape index (κ2) is 5.35. The first-order valence-electron chi connectivity index (χ1n) is 6.52. The fourth-order valence-corrected chi connectivity index (χ4v) is 2.32. The SMILES string of the molecule is Cn1nc(COc2ccccc2CO)c2ccccc21. The first-order valence-corrected chi connectivity index (χ1v) is 6.52. The maximum Gasteiger partial charge on any atom is 0.133 e. The molecular formula is C16H16N2O2. The molecule has 102 valence electrons. The highest BCUT2D eigenvalue weighted by atomic mass is 16.5. The van der Waals surface area contributed by atoms with Crippen molar-refractivity contribution in [3.63, 3.8) is 0 Å². The number of aliphatic hydroxyl groups excluding tert-OH is 1. The van der Waals surface area contributed by atoms with Gasteiger partial charge in [-0.3, -0.25) is 4.68 Å². The van der Waals surface area contributed by atoms with Crippen LogP contribution < -0.4 is 4.74 Å². The van der Waals surface area contributed by atoms with Gasteiger partial charge in [0.1, 0.15) is 18.1 Å². The Morgan fingerprint density at radius 2 is 1.85 bits per heavy atom. The molecule has 1 N–H and O–H groups in total. The number of rotatable bonds is 4. The predicted molar refractivity (Wildman–Crippen MR) is 77.4 cm³/mol. The minimum Gasteiger partial charge on any atom is -0.487 e. The zero-order chi connectivity index (χ0) is 13.9. The molecule has 0 radical (unpaired) electrons. The van der Waals surface area contributed by atoms with Crippen LogP contribution in [0.3, 0.4) is 0 Å². The first-order chi connectivity index (χ1) is 9.79. The second-order valence-corrected chi connectivity index (χ2v) is 4.64.